The van der Waals surface area contributed by atoms with Gasteiger partial charge in [-0.15, -0.1) is 0 Å². The highest BCUT2D eigenvalue weighted by molar-refractivity contribution is 7.89. The molecule has 0 bridgehead atoms. The minimum Gasteiger partial charge on any atom is -0.212 e. The van der Waals surface area contributed by atoms with Crippen molar-refractivity contribution in [2.75, 3.05) is 5.75 Å². The maximum absolute atomic E-state index is 13.3. The van der Waals surface area contributed by atoms with Crippen LogP contribution in [0.15, 0.2) is 18.2 Å². The van der Waals surface area contributed by atoms with Crippen LogP contribution in [0.4, 0.5) is 17.6 Å². The standard InChI is InChI=1S/C10H11F4NO2S/c1-2-18(16,17)15-6-7-3-4-8(5-9(7)11)10(12,13)14/h3-5,15H,2,6H2,1H3. The number of benzene rings is 1. The molecule has 18 heavy (non-hydrogen) atoms. The van der Waals surface area contributed by atoms with Crippen LogP contribution in [-0.2, 0) is 22.7 Å². The SMILES string of the molecule is CCS(=O)(=O)NCc1ccc(C(F)(F)F)cc1F. The summed E-state index contributed by atoms with van der Waals surface area (Å²) in [5.74, 6) is -1.28. The van der Waals surface area contributed by atoms with Crippen molar-refractivity contribution in [3.63, 3.8) is 0 Å². The highest BCUT2D eigenvalue weighted by Gasteiger charge is 2.31. The van der Waals surface area contributed by atoms with E-state index in [9.17, 15) is 26.0 Å². The lowest BCUT2D eigenvalue weighted by Crippen LogP contribution is -2.25. The molecule has 1 rings (SSSR count). The summed E-state index contributed by atoms with van der Waals surface area (Å²) in [6, 6.07) is 1.96. The molecule has 0 saturated carbocycles. The zero-order chi connectivity index (χ0) is 14.0. The Morgan fingerprint density at radius 1 is 1.28 bits per heavy atom. The summed E-state index contributed by atoms with van der Waals surface area (Å²) in [5, 5.41) is 0. The summed E-state index contributed by atoms with van der Waals surface area (Å²) in [6.45, 7) is 1.02. The maximum atomic E-state index is 13.3. The second kappa shape index (κ2) is 5.23. The van der Waals surface area contributed by atoms with Crippen molar-refractivity contribution >= 4 is 10.0 Å². The van der Waals surface area contributed by atoms with E-state index < -0.39 is 27.6 Å². The molecule has 0 spiro atoms. The molecule has 8 heteroatoms. The summed E-state index contributed by atoms with van der Waals surface area (Å²) >= 11 is 0. The molecule has 0 aliphatic rings. The lowest BCUT2D eigenvalue weighted by molar-refractivity contribution is -0.137. The van der Waals surface area contributed by atoms with Gasteiger partial charge in [0.2, 0.25) is 10.0 Å². The predicted molar refractivity (Wildman–Crippen MR) is 57.7 cm³/mol. The number of nitrogens with one attached hydrogen (secondary N) is 1. The summed E-state index contributed by atoms with van der Waals surface area (Å²) in [7, 11) is -3.51. The van der Waals surface area contributed by atoms with E-state index in [1.165, 1.54) is 6.92 Å². The van der Waals surface area contributed by atoms with Crippen LogP contribution in [0.5, 0.6) is 0 Å². The van der Waals surface area contributed by atoms with Gasteiger partial charge in [-0.1, -0.05) is 6.07 Å². The molecule has 102 valence electrons. The summed E-state index contributed by atoms with van der Waals surface area (Å²) < 4.78 is 74.3. The van der Waals surface area contributed by atoms with Crippen LogP contribution in [0.25, 0.3) is 0 Å². The van der Waals surface area contributed by atoms with E-state index in [1.54, 1.807) is 0 Å². The molecule has 0 fully saturated rings. The Balaban J connectivity index is 2.88. The van der Waals surface area contributed by atoms with Gasteiger partial charge in [-0.3, -0.25) is 0 Å². The number of sulfonamides is 1. The molecule has 1 N–H and O–H groups in total. The number of halogens is 4. The third kappa shape index (κ3) is 3.95. The maximum Gasteiger partial charge on any atom is 0.416 e. The first-order valence-electron chi connectivity index (χ1n) is 4.98. The molecule has 1 aromatic carbocycles. The van der Waals surface area contributed by atoms with Gasteiger partial charge in [-0.05, 0) is 19.1 Å². The van der Waals surface area contributed by atoms with Crippen LogP contribution in [0.2, 0.25) is 0 Å². The van der Waals surface area contributed by atoms with Gasteiger partial charge in [-0.2, -0.15) is 13.2 Å². The molecule has 0 saturated heterocycles. The van der Waals surface area contributed by atoms with Crippen molar-refractivity contribution in [3.8, 4) is 0 Å². The molecule has 0 aromatic heterocycles. The molecular formula is C10H11F4NO2S. The number of alkyl halides is 3. The Bertz CT molecular complexity index is 525. The Labute approximate surface area is 102 Å². The van der Waals surface area contributed by atoms with Crippen LogP contribution in [-0.4, -0.2) is 14.2 Å². The van der Waals surface area contributed by atoms with Gasteiger partial charge >= 0.3 is 6.18 Å². The average molecular weight is 285 g/mol. The highest BCUT2D eigenvalue weighted by Crippen LogP contribution is 2.30. The van der Waals surface area contributed by atoms with Crippen LogP contribution >= 0.6 is 0 Å². The summed E-state index contributed by atoms with van der Waals surface area (Å²) in [6.07, 6.45) is -4.62. The van der Waals surface area contributed by atoms with Crippen LogP contribution in [0.3, 0.4) is 0 Å². The van der Waals surface area contributed by atoms with Crippen molar-refractivity contribution < 1.29 is 26.0 Å². The third-order valence-corrected chi connectivity index (χ3v) is 3.59. The molecule has 0 aliphatic carbocycles. The van der Waals surface area contributed by atoms with Crippen molar-refractivity contribution in [1.82, 2.24) is 4.72 Å². The zero-order valence-corrected chi connectivity index (χ0v) is 10.2. The lowest BCUT2D eigenvalue weighted by Gasteiger charge is -2.09. The van der Waals surface area contributed by atoms with Gasteiger partial charge in [0.25, 0.3) is 0 Å². The predicted octanol–water partition coefficient (Wildman–Crippen LogP) is 2.28. The summed E-state index contributed by atoms with van der Waals surface area (Å²) in [4.78, 5) is 0. The van der Waals surface area contributed by atoms with E-state index in [1.807, 2.05) is 0 Å². The fourth-order valence-corrected chi connectivity index (χ4v) is 1.74. The molecule has 0 atom stereocenters. The Morgan fingerprint density at radius 3 is 2.33 bits per heavy atom. The second-order valence-electron chi connectivity index (χ2n) is 3.53. The van der Waals surface area contributed by atoms with E-state index in [4.69, 9.17) is 0 Å². The van der Waals surface area contributed by atoms with Gasteiger partial charge in [0.15, 0.2) is 0 Å². The molecule has 0 amide bonds. The average Bonchev–Trinajstić information content (AvgIpc) is 2.26. The first kappa shape index (κ1) is 14.9. The monoisotopic (exact) mass is 285 g/mol. The quantitative estimate of drug-likeness (QED) is 0.863. The van der Waals surface area contributed by atoms with Crippen molar-refractivity contribution in [3.05, 3.63) is 35.1 Å². The normalized spacial score (nSPS) is 12.7. The molecule has 0 heterocycles. The fraction of sp³-hybridized carbons (Fsp3) is 0.400. The smallest absolute Gasteiger partial charge is 0.212 e. The van der Waals surface area contributed by atoms with Crippen molar-refractivity contribution in [1.29, 1.82) is 0 Å². The Hall–Kier alpha value is -1.15. The van der Waals surface area contributed by atoms with Gasteiger partial charge in [-0.25, -0.2) is 17.5 Å². The molecule has 0 unspecified atom stereocenters. The van der Waals surface area contributed by atoms with Crippen molar-refractivity contribution in [2.24, 2.45) is 0 Å². The number of hydrogen-bond acceptors (Lipinski definition) is 2. The lowest BCUT2D eigenvalue weighted by atomic mass is 10.1. The van der Waals surface area contributed by atoms with Gasteiger partial charge in [0.1, 0.15) is 5.82 Å². The van der Waals surface area contributed by atoms with Crippen molar-refractivity contribution in [2.45, 2.75) is 19.6 Å². The molecule has 0 radical (unpaired) electrons. The van der Waals surface area contributed by atoms with Gasteiger partial charge in [0, 0.05) is 12.1 Å². The third-order valence-electron chi connectivity index (χ3n) is 2.24. The van der Waals surface area contributed by atoms with E-state index in [2.05, 4.69) is 4.72 Å². The van der Waals surface area contributed by atoms with E-state index in [-0.39, 0.29) is 17.9 Å². The van der Waals surface area contributed by atoms with Crippen LogP contribution in [0, 0.1) is 5.82 Å². The zero-order valence-electron chi connectivity index (χ0n) is 9.38. The Morgan fingerprint density at radius 2 is 1.89 bits per heavy atom. The molecular weight excluding hydrogens is 274 g/mol. The first-order valence-corrected chi connectivity index (χ1v) is 6.64. The minimum absolute atomic E-state index is 0.139. The van der Waals surface area contributed by atoms with Gasteiger partial charge in [0.05, 0.1) is 11.3 Å². The number of rotatable bonds is 4. The van der Waals surface area contributed by atoms with Gasteiger partial charge < -0.3 is 0 Å². The molecule has 3 nitrogen and oxygen atoms in total. The van der Waals surface area contributed by atoms with E-state index >= 15 is 0 Å². The topological polar surface area (TPSA) is 46.2 Å². The fourth-order valence-electron chi connectivity index (χ4n) is 1.16. The highest BCUT2D eigenvalue weighted by atomic mass is 32.2. The first-order chi connectivity index (χ1) is 8.15. The Kier molecular flexibility index (Phi) is 4.33. The van der Waals surface area contributed by atoms with Crippen LogP contribution in [0.1, 0.15) is 18.1 Å². The molecule has 1 aromatic rings. The largest absolute Gasteiger partial charge is 0.416 e. The van der Waals surface area contributed by atoms with E-state index in [0.717, 1.165) is 6.07 Å². The number of hydrogen-bond donors (Lipinski definition) is 1. The second-order valence-corrected chi connectivity index (χ2v) is 5.62. The van der Waals surface area contributed by atoms with Crippen LogP contribution < -0.4 is 4.72 Å². The summed E-state index contributed by atoms with van der Waals surface area (Å²) in [5.41, 5.74) is -1.25. The minimum atomic E-state index is -4.62. The molecule has 0 aliphatic heterocycles. The van der Waals surface area contributed by atoms with E-state index in [0.29, 0.717) is 12.1 Å².